The summed E-state index contributed by atoms with van der Waals surface area (Å²) in [5.74, 6) is -0.515. The fraction of sp³-hybridized carbons (Fsp3) is 0.825. The SMILES string of the molecule is CCCCCCCCCCC/C=C\C/C=C\CCCCCCCCCCCCCCCCC(O)C(=O)NC(CO)C(O)/C=C/CC/C=C/CC/C=C/CCCCCCCCCCCCCCCC. The molecule has 0 aliphatic rings. The molecular weight excluding hydrogens is 835 g/mol. The van der Waals surface area contributed by atoms with Crippen LogP contribution in [-0.2, 0) is 4.79 Å². The van der Waals surface area contributed by atoms with Crippen molar-refractivity contribution in [3.8, 4) is 0 Å². The van der Waals surface area contributed by atoms with E-state index >= 15 is 0 Å². The van der Waals surface area contributed by atoms with Crippen LogP contribution in [0.5, 0.6) is 0 Å². The summed E-state index contributed by atoms with van der Waals surface area (Å²) < 4.78 is 0. The second kappa shape index (κ2) is 57.6. The number of allylic oxidation sites excluding steroid dienone is 9. The number of unbranched alkanes of at least 4 members (excludes halogenated alkanes) is 39. The number of hydrogen-bond acceptors (Lipinski definition) is 4. The third-order valence-electron chi connectivity index (χ3n) is 13.8. The van der Waals surface area contributed by atoms with Gasteiger partial charge in [-0.05, 0) is 77.0 Å². The van der Waals surface area contributed by atoms with Gasteiger partial charge in [-0.3, -0.25) is 4.79 Å². The molecule has 5 heteroatoms. The molecule has 0 saturated heterocycles. The number of amides is 1. The van der Waals surface area contributed by atoms with E-state index in [9.17, 15) is 20.1 Å². The van der Waals surface area contributed by atoms with Crippen molar-refractivity contribution < 1.29 is 20.1 Å². The lowest BCUT2D eigenvalue weighted by Gasteiger charge is -2.21. The molecule has 0 aromatic rings. The van der Waals surface area contributed by atoms with Gasteiger partial charge in [0.1, 0.15) is 6.10 Å². The molecule has 0 aromatic heterocycles. The first-order chi connectivity index (χ1) is 33.6. The van der Waals surface area contributed by atoms with Gasteiger partial charge in [-0.15, -0.1) is 0 Å². The topological polar surface area (TPSA) is 89.8 Å². The van der Waals surface area contributed by atoms with E-state index in [1.54, 1.807) is 6.08 Å². The highest BCUT2D eigenvalue weighted by Crippen LogP contribution is 2.17. The molecule has 0 spiro atoms. The number of carbonyl (C=O) groups is 1. The highest BCUT2D eigenvalue weighted by atomic mass is 16.3. The Morgan fingerprint density at radius 3 is 0.985 bits per heavy atom. The van der Waals surface area contributed by atoms with Crippen molar-refractivity contribution in [3.63, 3.8) is 0 Å². The molecule has 0 bridgehead atoms. The van der Waals surface area contributed by atoms with Crippen LogP contribution in [0.4, 0.5) is 0 Å². The Kier molecular flexibility index (Phi) is 56.0. The second-order valence-corrected chi connectivity index (χ2v) is 20.5. The molecule has 0 radical (unpaired) electrons. The molecule has 4 N–H and O–H groups in total. The molecule has 0 aliphatic carbocycles. The van der Waals surface area contributed by atoms with Gasteiger partial charge in [0.15, 0.2) is 0 Å². The third kappa shape index (κ3) is 51.9. The number of rotatable bonds is 55. The van der Waals surface area contributed by atoms with Crippen molar-refractivity contribution in [1.82, 2.24) is 5.32 Å². The zero-order valence-electron chi connectivity index (χ0n) is 45.5. The van der Waals surface area contributed by atoms with E-state index in [1.165, 1.54) is 238 Å². The first-order valence-corrected chi connectivity index (χ1v) is 30.1. The summed E-state index contributed by atoms with van der Waals surface area (Å²) in [5, 5.41) is 33.4. The Bertz CT molecular complexity index is 1140. The van der Waals surface area contributed by atoms with Crippen LogP contribution in [0.1, 0.15) is 309 Å². The van der Waals surface area contributed by atoms with E-state index in [-0.39, 0.29) is 6.61 Å². The quantitative estimate of drug-likeness (QED) is 0.0361. The minimum absolute atomic E-state index is 0.382. The molecule has 1 amide bonds. The number of hydrogen-bond donors (Lipinski definition) is 4. The largest absolute Gasteiger partial charge is 0.394 e. The van der Waals surface area contributed by atoms with Crippen molar-refractivity contribution in [3.05, 3.63) is 60.8 Å². The van der Waals surface area contributed by atoms with E-state index in [1.807, 2.05) is 6.08 Å². The lowest BCUT2D eigenvalue weighted by Crippen LogP contribution is -2.48. The van der Waals surface area contributed by atoms with Crippen LogP contribution in [0, 0.1) is 0 Å². The predicted octanol–water partition coefficient (Wildman–Crippen LogP) is 19.0. The van der Waals surface area contributed by atoms with Gasteiger partial charge in [-0.25, -0.2) is 0 Å². The number of aliphatic hydroxyl groups is 3. The van der Waals surface area contributed by atoms with Gasteiger partial charge >= 0.3 is 0 Å². The minimum atomic E-state index is -1.11. The molecule has 68 heavy (non-hydrogen) atoms. The Hall–Kier alpha value is -1.95. The molecule has 0 saturated carbocycles. The maximum atomic E-state index is 12.6. The molecule has 0 aliphatic heterocycles. The summed E-state index contributed by atoms with van der Waals surface area (Å²) in [6, 6.07) is -0.824. The van der Waals surface area contributed by atoms with Gasteiger partial charge in [0.25, 0.3) is 0 Å². The van der Waals surface area contributed by atoms with Crippen LogP contribution in [0.2, 0.25) is 0 Å². The van der Waals surface area contributed by atoms with E-state index in [2.05, 4.69) is 67.8 Å². The summed E-state index contributed by atoms with van der Waals surface area (Å²) in [5.41, 5.74) is 0. The van der Waals surface area contributed by atoms with E-state index in [0.717, 1.165) is 51.4 Å². The van der Waals surface area contributed by atoms with E-state index in [0.29, 0.717) is 6.42 Å². The lowest BCUT2D eigenvalue weighted by molar-refractivity contribution is -0.131. The van der Waals surface area contributed by atoms with Crippen LogP contribution >= 0.6 is 0 Å². The maximum absolute atomic E-state index is 12.6. The molecule has 0 fully saturated rings. The molecule has 3 atom stereocenters. The minimum Gasteiger partial charge on any atom is -0.394 e. The Balaban J connectivity index is 3.62. The average molecular weight is 953 g/mol. The normalized spacial score (nSPS) is 13.7. The molecule has 0 heterocycles. The summed E-state index contributed by atoms with van der Waals surface area (Å²) in [6.45, 7) is 4.19. The lowest BCUT2D eigenvalue weighted by atomic mass is 10.0. The van der Waals surface area contributed by atoms with Crippen molar-refractivity contribution in [1.29, 1.82) is 0 Å². The first kappa shape index (κ1) is 66.0. The zero-order valence-corrected chi connectivity index (χ0v) is 45.5. The van der Waals surface area contributed by atoms with Crippen molar-refractivity contribution in [2.24, 2.45) is 0 Å². The molecule has 0 rings (SSSR count). The fourth-order valence-electron chi connectivity index (χ4n) is 9.13. The molecule has 3 unspecified atom stereocenters. The summed E-state index contributed by atoms with van der Waals surface area (Å²) in [7, 11) is 0. The summed E-state index contributed by atoms with van der Waals surface area (Å²) >= 11 is 0. The van der Waals surface area contributed by atoms with Crippen molar-refractivity contribution >= 4 is 5.91 Å². The average Bonchev–Trinajstić information content (AvgIpc) is 3.34. The standard InChI is InChI=1S/C63H117NO4/c1-3-5-7-9-11-13-15-17-19-21-23-25-27-29-30-31-32-33-34-36-38-40-42-44-46-48-50-52-54-56-58-62(67)63(68)64-60(59-65)61(66)57-55-53-51-49-47-45-43-41-39-37-35-28-26-24-22-20-18-16-14-12-10-8-6-4-2/h23,25,29-30,39,41,47,49,55,57,60-62,65-67H,3-22,24,26-28,31-38,40,42-46,48,50-54,56,58-59H2,1-2H3,(H,64,68)/b25-23-,30-29-,41-39+,49-47+,57-55+. The van der Waals surface area contributed by atoms with Gasteiger partial charge in [-0.2, -0.15) is 0 Å². The summed E-state index contributed by atoms with van der Waals surface area (Å²) in [6.07, 6.45) is 78.9. The molecule has 398 valence electrons. The fourth-order valence-corrected chi connectivity index (χ4v) is 9.13. The third-order valence-corrected chi connectivity index (χ3v) is 13.8. The highest BCUT2D eigenvalue weighted by molar-refractivity contribution is 5.80. The van der Waals surface area contributed by atoms with Gasteiger partial charge in [0.05, 0.1) is 18.8 Å². The van der Waals surface area contributed by atoms with Crippen LogP contribution in [-0.4, -0.2) is 46.1 Å². The number of carbonyl (C=O) groups excluding carboxylic acids is 1. The zero-order chi connectivity index (χ0) is 49.3. The second-order valence-electron chi connectivity index (χ2n) is 20.5. The van der Waals surface area contributed by atoms with Crippen LogP contribution in [0.15, 0.2) is 60.8 Å². The van der Waals surface area contributed by atoms with Crippen LogP contribution in [0.3, 0.4) is 0 Å². The Morgan fingerprint density at radius 1 is 0.368 bits per heavy atom. The first-order valence-electron chi connectivity index (χ1n) is 30.1. The monoisotopic (exact) mass is 952 g/mol. The highest BCUT2D eigenvalue weighted by Gasteiger charge is 2.22. The van der Waals surface area contributed by atoms with E-state index in [4.69, 9.17) is 0 Å². The van der Waals surface area contributed by atoms with E-state index < -0.39 is 24.2 Å². The number of aliphatic hydroxyl groups excluding tert-OH is 3. The number of nitrogens with one attached hydrogen (secondary N) is 1. The van der Waals surface area contributed by atoms with Crippen molar-refractivity contribution in [2.75, 3.05) is 6.61 Å². The van der Waals surface area contributed by atoms with Crippen LogP contribution < -0.4 is 5.32 Å². The molecule has 0 aromatic carbocycles. The molecular formula is C63H117NO4. The Morgan fingerprint density at radius 2 is 0.647 bits per heavy atom. The molecule has 5 nitrogen and oxygen atoms in total. The van der Waals surface area contributed by atoms with Gasteiger partial charge in [-0.1, -0.05) is 293 Å². The summed E-state index contributed by atoms with van der Waals surface area (Å²) in [4.78, 5) is 12.6. The smallest absolute Gasteiger partial charge is 0.249 e. The maximum Gasteiger partial charge on any atom is 0.249 e. The van der Waals surface area contributed by atoms with Gasteiger partial charge in [0.2, 0.25) is 5.91 Å². The predicted molar refractivity (Wildman–Crippen MR) is 300 cm³/mol. The Labute approximate surface area is 424 Å². The van der Waals surface area contributed by atoms with Crippen molar-refractivity contribution in [2.45, 2.75) is 327 Å². The van der Waals surface area contributed by atoms with Gasteiger partial charge < -0.3 is 20.6 Å². The van der Waals surface area contributed by atoms with Crippen LogP contribution in [0.25, 0.3) is 0 Å². The van der Waals surface area contributed by atoms with Gasteiger partial charge in [0, 0.05) is 0 Å².